The topological polar surface area (TPSA) is 78.4 Å². The molecule has 0 amide bonds. The van der Waals surface area contributed by atoms with E-state index < -0.39 is 28.0 Å². The van der Waals surface area contributed by atoms with Gasteiger partial charge >= 0.3 is 5.69 Å². The van der Waals surface area contributed by atoms with Gasteiger partial charge < -0.3 is 10.5 Å². The van der Waals surface area contributed by atoms with Gasteiger partial charge in [0.15, 0.2) is 11.6 Å². The van der Waals surface area contributed by atoms with Crippen molar-refractivity contribution in [3.8, 4) is 11.5 Å². The average Bonchev–Trinajstić information content (AvgIpc) is 2.44. The number of rotatable bonds is 4. The molecule has 2 rings (SSSR count). The molecule has 0 aliphatic carbocycles. The van der Waals surface area contributed by atoms with E-state index in [1.807, 2.05) is 0 Å². The first-order chi connectivity index (χ1) is 9.92. The zero-order valence-corrected chi connectivity index (χ0v) is 11.1. The molecule has 0 saturated carbocycles. The number of nitro groups is 1. The first-order valence-electron chi connectivity index (χ1n) is 6.03. The van der Waals surface area contributed by atoms with E-state index in [0.717, 1.165) is 5.56 Å². The Morgan fingerprint density at radius 2 is 1.90 bits per heavy atom. The Balaban J connectivity index is 2.36. The molecule has 2 aromatic carbocycles. The summed E-state index contributed by atoms with van der Waals surface area (Å²) >= 11 is 0. The summed E-state index contributed by atoms with van der Waals surface area (Å²) in [6, 6.07) is 6.19. The van der Waals surface area contributed by atoms with E-state index in [9.17, 15) is 18.9 Å². The maximum atomic E-state index is 13.7. The van der Waals surface area contributed by atoms with Crippen molar-refractivity contribution >= 4 is 5.69 Å². The first-order valence-corrected chi connectivity index (χ1v) is 6.03. The third-order valence-electron chi connectivity index (χ3n) is 2.89. The van der Waals surface area contributed by atoms with Crippen LogP contribution in [-0.4, -0.2) is 4.92 Å². The molecule has 0 heterocycles. The molecule has 21 heavy (non-hydrogen) atoms. The number of hydrogen-bond acceptors (Lipinski definition) is 4. The number of benzene rings is 2. The lowest BCUT2D eigenvalue weighted by molar-refractivity contribution is -0.387. The summed E-state index contributed by atoms with van der Waals surface area (Å²) in [6.07, 6.45) is 0. The van der Waals surface area contributed by atoms with Crippen LogP contribution in [0.15, 0.2) is 30.3 Å². The molecule has 0 saturated heterocycles. The third-order valence-corrected chi connectivity index (χ3v) is 2.89. The van der Waals surface area contributed by atoms with Crippen molar-refractivity contribution in [1.29, 1.82) is 0 Å². The van der Waals surface area contributed by atoms with E-state index >= 15 is 0 Å². The van der Waals surface area contributed by atoms with E-state index in [1.165, 1.54) is 0 Å². The van der Waals surface area contributed by atoms with Gasteiger partial charge in [-0.2, -0.15) is 4.39 Å². The Morgan fingerprint density at radius 1 is 1.19 bits per heavy atom. The highest BCUT2D eigenvalue weighted by Crippen LogP contribution is 2.31. The van der Waals surface area contributed by atoms with Gasteiger partial charge in [0.25, 0.3) is 0 Å². The summed E-state index contributed by atoms with van der Waals surface area (Å²) in [5.41, 5.74) is 6.12. The lowest BCUT2D eigenvalue weighted by Gasteiger charge is -2.10. The van der Waals surface area contributed by atoms with E-state index in [0.29, 0.717) is 30.0 Å². The standard InChI is InChI=1S/C14H12F2N2O3/c1-8-4-9(7-17)2-3-13(8)21-14-6-10(15)12(18(19)20)5-11(14)16/h2-6H,7,17H2,1H3. The molecule has 110 valence electrons. The lowest BCUT2D eigenvalue weighted by atomic mass is 10.1. The van der Waals surface area contributed by atoms with Crippen LogP contribution in [0, 0.1) is 28.7 Å². The van der Waals surface area contributed by atoms with Crippen LogP contribution < -0.4 is 10.5 Å². The third kappa shape index (κ3) is 3.14. The number of aryl methyl sites for hydroxylation is 1. The second-order valence-corrected chi connectivity index (χ2v) is 4.40. The van der Waals surface area contributed by atoms with Crippen LogP contribution in [0.4, 0.5) is 14.5 Å². The molecule has 2 aromatic rings. The zero-order valence-electron chi connectivity index (χ0n) is 11.1. The van der Waals surface area contributed by atoms with Gasteiger partial charge in [0.05, 0.1) is 11.0 Å². The smallest absolute Gasteiger partial charge is 0.307 e. The molecule has 0 unspecified atom stereocenters. The van der Waals surface area contributed by atoms with Crippen LogP contribution in [0.5, 0.6) is 11.5 Å². The number of nitrogens with zero attached hydrogens (tertiary/aromatic N) is 1. The van der Waals surface area contributed by atoms with Gasteiger partial charge in [-0.25, -0.2) is 4.39 Å². The van der Waals surface area contributed by atoms with Crippen molar-refractivity contribution in [2.45, 2.75) is 13.5 Å². The van der Waals surface area contributed by atoms with Crippen molar-refractivity contribution in [2.24, 2.45) is 5.73 Å². The fourth-order valence-electron chi connectivity index (χ4n) is 1.81. The Labute approximate surface area is 119 Å². The molecule has 5 nitrogen and oxygen atoms in total. The van der Waals surface area contributed by atoms with Gasteiger partial charge in [-0.15, -0.1) is 0 Å². The Hall–Kier alpha value is -2.54. The number of hydrogen-bond donors (Lipinski definition) is 1. The second-order valence-electron chi connectivity index (χ2n) is 4.40. The number of ether oxygens (including phenoxy) is 1. The fourth-order valence-corrected chi connectivity index (χ4v) is 1.81. The average molecular weight is 294 g/mol. The zero-order chi connectivity index (χ0) is 15.6. The van der Waals surface area contributed by atoms with Crippen LogP contribution in [0.25, 0.3) is 0 Å². The lowest BCUT2D eigenvalue weighted by Crippen LogP contribution is -1.99. The Morgan fingerprint density at radius 3 is 2.48 bits per heavy atom. The van der Waals surface area contributed by atoms with Crippen LogP contribution in [-0.2, 0) is 6.54 Å². The number of nitro benzene ring substituents is 1. The molecule has 0 fully saturated rings. The minimum Gasteiger partial charge on any atom is -0.454 e. The van der Waals surface area contributed by atoms with Crippen molar-refractivity contribution in [3.63, 3.8) is 0 Å². The minimum absolute atomic E-state index is 0.319. The minimum atomic E-state index is -1.16. The summed E-state index contributed by atoms with van der Waals surface area (Å²) in [7, 11) is 0. The number of nitrogens with two attached hydrogens (primary N) is 1. The Bertz CT molecular complexity index is 705. The molecular weight excluding hydrogens is 282 g/mol. The van der Waals surface area contributed by atoms with Crippen LogP contribution in [0.2, 0.25) is 0 Å². The summed E-state index contributed by atoms with van der Waals surface area (Å²) in [5, 5.41) is 10.5. The quantitative estimate of drug-likeness (QED) is 0.692. The van der Waals surface area contributed by atoms with Gasteiger partial charge in [0, 0.05) is 12.6 Å². The molecule has 0 aliphatic heterocycles. The largest absolute Gasteiger partial charge is 0.454 e. The van der Waals surface area contributed by atoms with Gasteiger partial charge in [-0.1, -0.05) is 12.1 Å². The van der Waals surface area contributed by atoms with Crippen LogP contribution >= 0.6 is 0 Å². The molecular formula is C14H12F2N2O3. The summed E-state index contributed by atoms with van der Waals surface area (Å²) in [5.74, 6) is -2.26. The molecule has 2 N–H and O–H groups in total. The van der Waals surface area contributed by atoms with Crippen molar-refractivity contribution in [1.82, 2.24) is 0 Å². The van der Waals surface area contributed by atoms with Gasteiger partial charge in [0.1, 0.15) is 5.75 Å². The van der Waals surface area contributed by atoms with Crippen LogP contribution in [0.1, 0.15) is 11.1 Å². The molecule has 0 aromatic heterocycles. The molecule has 0 bridgehead atoms. The van der Waals surface area contributed by atoms with Crippen LogP contribution in [0.3, 0.4) is 0 Å². The predicted octanol–water partition coefficient (Wildman–Crippen LogP) is 3.43. The maximum absolute atomic E-state index is 13.7. The van der Waals surface area contributed by atoms with E-state index in [1.54, 1.807) is 25.1 Å². The van der Waals surface area contributed by atoms with E-state index in [2.05, 4.69) is 0 Å². The molecule has 0 radical (unpaired) electrons. The molecule has 0 atom stereocenters. The van der Waals surface area contributed by atoms with Crippen molar-refractivity contribution in [3.05, 3.63) is 63.2 Å². The monoisotopic (exact) mass is 294 g/mol. The van der Waals surface area contributed by atoms with Gasteiger partial charge in [-0.3, -0.25) is 10.1 Å². The summed E-state index contributed by atoms with van der Waals surface area (Å²) < 4.78 is 32.5. The maximum Gasteiger partial charge on any atom is 0.307 e. The Kier molecular flexibility index (Phi) is 4.13. The highest BCUT2D eigenvalue weighted by Gasteiger charge is 2.20. The van der Waals surface area contributed by atoms with Gasteiger partial charge in [-0.05, 0) is 24.1 Å². The SMILES string of the molecule is Cc1cc(CN)ccc1Oc1cc(F)c([N+](=O)[O-])cc1F. The first kappa shape index (κ1) is 14.9. The fraction of sp³-hybridized carbons (Fsp3) is 0.143. The normalized spacial score (nSPS) is 10.5. The van der Waals surface area contributed by atoms with E-state index in [-0.39, 0.29) is 0 Å². The molecule has 0 spiro atoms. The predicted molar refractivity (Wildman–Crippen MR) is 72.2 cm³/mol. The summed E-state index contributed by atoms with van der Waals surface area (Å²) in [6.45, 7) is 2.08. The summed E-state index contributed by atoms with van der Waals surface area (Å²) in [4.78, 5) is 9.52. The van der Waals surface area contributed by atoms with Gasteiger partial charge in [0.2, 0.25) is 5.82 Å². The highest BCUT2D eigenvalue weighted by atomic mass is 19.1. The van der Waals surface area contributed by atoms with E-state index in [4.69, 9.17) is 10.5 Å². The van der Waals surface area contributed by atoms with Crippen molar-refractivity contribution in [2.75, 3.05) is 0 Å². The van der Waals surface area contributed by atoms with Crippen molar-refractivity contribution < 1.29 is 18.4 Å². The molecule has 0 aliphatic rings. The second kappa shape index (κ2) is 5.84. The highest BCUT2D eigenvalue weighted by molar-refractivity contribution is 5.44. The number of halogens is 2. The molecule has 7 heteroatoms.